The van der Waals surface area contributed by atoms with Crippen molar-refractivity contribution in [3.63, 3.8) is 0 Å². The van der Waals surface area contributed by atoms with Crippen LogP contribution < -0.4 is 4.90 Å². The molecule has 0 spiro atoms. The number of amides is 2. The van der Waals surface area contributed by atoms with Gasteiger partial charge in [-0.15, -0.1) is 0 Å². The van der Waals surface area contributed by atoms with E-state index in [4.69, 9.17) is 11.6 Å². The first-order valence-corrected chi connectivity index (χ1v) is 9.18. The van der Waals surface area contributed by atoms with Gasteiger partial charge in [0, 0.05) is 10.4 Å². The fourth-order valence-electron chi connectivity index (χ4n) is 3.48. The standard InChI is InChI=1S/C22H18ClNO2/c1-2-3-6-14-9-11-15(12-10-14)24-21(25)18-13-19(23)16-7-4-5-8-17(16)20(18)22(24)26/h4-5,7-13H,2-3,6H2,1H3. The van der Waals surface area contributed by atoms with Gasteiger partial charge in [-0.1, -0.05) is 61.3 Å². The lowest BCUT2D eigenvalue weighted by Gasteiger charge is -2.14. The lowest BCUT2D eigenvalue weighted by molar-refractivity contribution is 0.0926. The van der Waals surface area contributed by atoms with Gasteiger partial charge in [-0.3, -0.25) is 9.59 Å². The summed E-state index contributed by atoms with van der Waals surface area (Å²) in [4.78, 5) is 27.2. The molecule has 0 aromatic heterocycles. The maximum atomic E-state index is 13.1. The van der Waals surface area contributed by atoms with Crippen LogP contribution in [0, 0.1) is 0 Å². The van der Waals surface area contributed by atoms with Crippen LogP contribution in [0.3, 0.4) is 0 Å². The smallest absolute Gasteiger partial charge is 0.266 e. The summed E-state index contributed by atoms with van der Waals surface area (Å²) >= 11 is 6.33. The molecule has 3 aromatic carbocycles. The van der Waals surface area contributed by atoms with Gasteiger partial charge < -0.3 is 0 Å². The number of imide groups is 1. The van der Waals surface area contributed by atoms with Gasteiger partial charge in [0.15, 0.2) is 0 Å². The van der Waals surface area contributed by atoms with E-state index in [2.05, 4.69) is 6.92 Å². The predicted molar refractivity (Wildman–Crippen MR) is 105 cm³/mol. The highest BCUT2D eigenvalue weighted by atomic mass is 35.5. The summed E-state index contributed by atoms with van der Waals surface area (Å²) in [5.74, 6) is -0.613. The molecule has 0 unspecified atom stereocenters. The average molecular weight is 364 g/mol. The van der Waals surface area contributed by atoms with Gasteiger partial charge in [0.2, 0.25) is 0 Å². The summed E-state index contributed by atoms with van der Waals surface area (Å²) in [5.41, 5.74) is 2.61. The summed E-state index contributed by atoms with van der Waals surface area (Å²) in [6, 6.07) is 16.7. The molecule has 2 amide bonds. The second-order valence-electron chi connectivity index (χ2n) is 6.54. The fourth-order valence-corrected chi connectivity index (χ4v) is 3.76. The van der Waals surface area contributed by atoms with Gasteiger partial charge in [-0.05, 0) is 42.0 Å². The number of anilines is 1. The number of halogens is 1. The van der Waals surface area contributed by atoms with Crippen LogP contribution in [0.25, 0.3) is 10.8 Å². The third-order valence-corrected chi connectivity index (χ3v) is 5.17. The second kappa shape index (κ2) is 6.58. The van der Waals surface area contributed by atoms with Gasteiger partial charge in [0.25, 0.3) is 11.8 Å². The topological polar surface area (TPSA) is 37.4 Å². The molecule has 0 N–H and O–H groups in total. The van der Waals surface area contributed by atoms with Crippen LogP contribution in [0.4, 0.5) is 5.69 Å². The van der Waals surface area contributed by atoms with Gasteiger partial charge in [-0.25, -0.2) is 4.90 Å². The van der Waals surface area contributed by atoms with E-state index in [1.54, 1.807) is 6.07 Å². The van der Waals surface area contributed by atoms with Crippen LogP contribution in [-0.4, -0.2) is 11.8 Å². The first-order chi connectivity index (χ1) is 12.6. The van der Waals surface area contributed by atoms with E-state index < -0.39 is 0 Å². The van der Waals surface area contributed by atoms with Crippen molar-refractivity contribution in [3.05, 3.63) is 76.3 Å². The normalized spacial score (nSPS) is 13.5. The zero-order chi connectivity index (χ0) is 18.3. The summed E-state index contributed by atoms with van der Waals surface area (Å²) < 4.78 is 0. The fraction of sp³-hybridized carbons (Fsp3) is 0.182. The van der Waals surface area contributed by atoms with E-state index in [0.717, 1.165) is 30.0 Å². The number of rotatable bonds is 4. The van der Waals surface area contributed by atoms with Crippen molar-refractivity contribution < 1.29 is 9.59 Å². The molecule has 26 heavy (non-hydrogen) atoms. The van der Waals surface area contributed by atoms with E-state index in [0.29, 0.717) is 21.8 Å². The van der Waals surface area contributed by atoms with Crippen molar-refractivity contribution >= 4 is 39.9 Å². The number of benzene rings is 3. The largest absolute Gasteiger partial charge is 0.268 e. The zero-order valence-corrected chi connectivity index (χ0v) is 15.2. The van der Waals surface area contributed by atoms with E-state index in [1.165, 1.54) is 10.5 Å². The molecule has 1 aliphatic rings. The van der Waals surface area contributed by atoms with E-state index in [9.17, 15) is 9.59 Å². The van der Waals surface area contributed by atoms with Crippen LogP contribution in [0.15, 0.2) is 54.6 Å². The Kier molecular flexibility index (Phi) is 4.25. The van der Waals surface area contributed by atoms with Crippen LogP contribution in [0.1, 0.15) is 46.0 Å². The molecule has 3 nitrogen and oxygen atoms in total. The molecule has 0 aliphatic carbocycles. The number of unbranched alkanes of at least 4 members (excludes halogenated alkanes) is 1. The Morgan fingerprint density at radius 2 is 1.62 bits per heavy atom. The molecule has 0 saturated heterocycles. The van der Waals surface area contributed by atoms with Crippen LogP contribution in [0.2, 0.25) is 5.02 Å². The van der Waals surface area contributed by atoms with Gasteiger partial charge in [0.1, 0.15) is 0 Å². The molecule has 1 aliphatic heterocycles. The lowest BCUT2D eigenvalue weighted by Crippen LogP contribution is -2.29. The Balaban J connectivity index is 1.77. The van der Waals surface area contributed by atoms with Crippen molar-refractivity contribution in [2.45, 2.75) is 26.2 Å². The predicted octanol–water partition coefficient (Wildman–Crippen LogP) is 5.64. The number of hydrogen-bond acceptors (Lipinski definition) is 2. The lowest BCUT2D eigenvalue weighted by atomic mass is 10.0. The van der Waals surface area contributed by atoms with E-state index in [-0.39, 0.29) is 11.8 Å². The minimum absolute atomic E-state index is 0.292. The summed E-state index contributed by atoms with van der Waals surface area (Å²) in [6.45, 7) is 2.16. The molecule has 0 radical (unpaired) electrons. The van der Waals surface area contributed by atoms with Crippen molar-refractivity contribution in [3.8, 4) is 0 Å². The molecule has 4 rings (SSSR count). The average Bonchev–Trinajstić information content (AvgIpc) is 2.91. The van der Waals surface area contributed by atoms with Crippen molar-refractivity contribution in [2.75, 3.05) is 4.90 Å². The quantitative estimate of drug-likeness (QED) is 0.563. The number of nitrogens with zero attached hydrogens (tertiary/aromatic N) is 1. The summed E-state index contributed by atoms with van der Waals surface area (Å²) in [6.07, 6.45) is 3.25. The van der Waals surface area contributed by atoms with Crippen LogP contribution in [-0.2, 0) is 6.42 Å². The second-order valence-corrected chi connectivity index (χ2v) is 6.95. The number of fused-ring (bicyclic) bond motifs is 3. The maximum Gasteiger partial charge on any atom is 0.266 e. The molecule has 130 valence electrons. The van der Waals surface area contributed by atoms with Crippen LogP contribution >= 0.6 is 11.6 Å². The SMILES string of the molecule is CCCCc1ccc(N2C(=O)c3cc(Cl)c4ccccc4c3C2=O)cc1. The Morgan fingerprint density at radius 3 is 2.31 bits per heavy atom. The third-order valence-electron chi connectivity index (χ3n) is 4.86. The van der Waals surface area contributed by atoms with Crippen LogP contribution in [0.5, 0.6) is 0 Å². The summed E-state index contributed by atoms with van der Waals surface area (Å²) in [5, 5.41) is 1.98. The third kappa shape index (κ3) is 2.60. The Hall–Kier alpha value is -2.65. The first kappa shape index (κ1) is 16.8. The molecule has 0 atom stereocenters. The minimum atomic E-state index is -0.320. The molecule has 0 bridgehead atoms. The number of carbonyl (C=O) groups is 2. The van der Waals surface area contributed by atoms with Crippen molar-refractivity contribution in [1.29, 1.82) is 0 Å². The van der Waals surface area contributed by atoms with Gasteiger partial charge >= 0.3 is 0 Å². The Labute approximate surface area is 157 Å². The molecule has 4 heteroatoms. The molecular formula is C22H18ClNO2. The van der Waals surface area contributed by atoms with E-state index in [1.807, 2.05) is 48.5 Å². The van der Waals surface area contributed by atoms with Gasteiger partial charge in [0.05, 0.1) is 16.8 Å². The van der Waals surface area contributed by atoms with E-state index >= 15 is 0 Å². The number of carbonyl (C=O) groups excluding carboxylic acids is 2. The summed E-state index contributed by atoms with van der Waals surface area (Å²) in [7, 11) is 0. The Morgan fingerprint density at radius 1 is 0.923 bits per heavy atom. The molecule has 1 heterocycles. The van der Waals surface area contributed by atoms with Crippen molar-refractivity contribution in [1.82, 2.24) is 0 Å². The Bertz CT molecular complexity index is 1020. The zero-order valence-electron chi connectivity index (χ0n) is 14.5. The van der Waals surface area contributed by atoms with Gasteiger partial charge in [-0.2, -0.15) is 0 Å². The monoisotopic (exact) mass is 363 g/mol. The highest BCUT2D eigenvalue weighted by Gasteiger charge is 2.38. The highest BCUT2D eigenvalue weighted by Crippen LogP contribution is 2.36. The maximum absolute atomic E-state index is 13.1. The molecule has 0 fully saturated rings. The molecule has 0 saturated carbocycles. The minimum Gasteiger partial charge on any atom is -0.268 e. The highest BCUT2D eigenvalue weighted by molar-refractivity contribution is 6.42. The van der Waals surface area contributed by atoms with Crippen molar-refractivity contribution in [2.24, 2.45) is 0 Å². The molecular weight excluding hydrogens is 346 g/mol. The number of aryl methyl sites for hydroxylation is 1. The number of hydrogen-bond donors (Lipinski definition) is 0. The first-order valence-electron chi connectivity index (χ1n) is 8.80. The molecule has 3 aromatic rings.